The number of pyridine rings is 1. The van der Waals surface area contributed by atoms with Crippen LogP contribution in [-0.2, 0) is 9.59 Å². The van der Waals surface area contributed by atoms with Crippen molar-refractivity contribution < 1.29 is 19.2 Å². The maximum Gasteiger partial charge on any atom is 0.283 e. The molecule has 0 atom stereocenters. The number of nitrogens with one attached hydrogen (secondary N) is 1. The van der Waals surface area contributed by atoms with E-state index in [0.717, 1.165) is 11.8 Å². The topological polar surface area (TPSA) is 115 Å². The molecule has 11 heteroatoms. The number of hydrogen-bond acceptors (Lipinski definition) is 8. The molecule has 3 aromatic carbocycles. The lowest BCUT2D eigenvalue weighted by Crippen LogP contribution is -2.54. The standard InChI is InChI=1S/C28H18N4O5S2/c33-26-22(16-18-9-14-24(23(17-18)32(35)36)39-25-8-4-5-15-29-25)27(34)31(28(38)30-26)19-10-12-21(13-11-19)37-20-6-2-1-3-7-20/h1-17H,(H,30,33,38)/b22-16+. The van der Waals surface area contributed by atoms with Gasteiger partial charge in [0.1, 0.15) is 22.1 Å². The van der Waals surface area contributed by atoms with E-state index in [0.29, 0.717) is 32.7 Å². The summed E-state index contributed by atoms with van der Waals surface area (Å²) in [5.41, 5.74) is 0.340. The predicted molar refractivity (Wildman–Crippen MR) is 151 cm³/mol. The third-order valence-corrected chi connectivity index (χ3v) is 6.82. The van der Waals surface area contributed by atoms with Gasteiger partial charge in [0.15, 0.2) is 5.11 Å². The summed E-state index contributed by atoms with van der Waals surface area (Å²) in [5.74, 6) is -0.142. The zero-order valence-electron chi connectivity index (χ0n) is 20.0. The van der Waals surface area contributed by atoms with Crippen molar-refractivity contribution in [2.45, 2.75) is 9.92 Å². The summed E-state index contributed by atoms with van der Waals surface area (Å²) in [5, 5.41) is 14.8. The minimum atomic E-state index is -0.695. The first-order valence-corrected chi connectivity index (χ1v) is 12.7. The first-order chi connectivity index (χ1) is 18.9. The van der Waals surface area contributed by atoms with Gasteiger partial charge in [-0.15, -0.1) is 0 Å². The van der Waals surface area contributed by atoms with E-state index in [1.165, 1.54) is 17.0 Å². The van der Waals surface area contributed by atoms with Crippen LogP contribution in [0.3, 0.4) is 0 Å². The van der Waals surface area contributed by atoms with Crippen LogP contribution in [0.1, 0.15) is 5.56 Å². The van der Waals surface area contributed by atoms with Crippen LogP contribution in [0.25, 0.3) is 6.08 Å². The average Bonchev–Trinajstić information content (AvgIpc) is 2.93. The minimum Gasteiger partial charge on any atom is -0.457 e. The Kier molecular flexibility index (Phi) is 7.43. The van der Waals surface area contributed by atoms with Crippen molar-refractivity contribution in [3.8, 4) is 11.5 Å². The molecule has 1 aromatic heterocycles. The van der Waals surface area contributed by atoms with E-state index in [-0.39, 0.29) is 16.4 Å². The SMILES string of the molecule is O=C1NC(=S)N(c2ccc(Oc3ccccc3)cc2)C(=O)/C1=C/c1ccc(Sc2ccccn2)c([N+](=O)[O-])c1. The van der Waals surface area contributed by atoms with Gasteiger partial charge in [-0.3, -0.25) is 29.9 Å². The first-order valence-electron chi connectivity index (χ1n) is 11.5. The molecule has 0 saturated carbocycles. The highest BCUT2D eigenvalue weighted by atomic mass is 32.2. The molecule has 0 bridgehead atoms. The summed E-state index contributed by atoms with van der Waals surface area (Å²) in [6.07, 6.45) is 2.90. The first kappa shape index (κ1) is 25.8. The number of hydrogen-bond donors (Lipinski definition) is 1. The molecule has 2 amide bonds. The molecule has 1 saturated heterocycles. The number of carbonyl (C=O) groups excluding carboxylic acids is 2. The average molecular weight is 555 g/mol. The minimum absolute atomic E-state index is 0.0769. The van der Waals surface area contributed by atoms with E-state index >= 15 is 0 Å². The van der Waals surface area contributed by atoms with E-state index in [4.69, 9.17) is 17.0 Å². The predicted octanol–water partition coefficient (Wildman–Crippen LogP) is 5.76. The molecule has 1 fully saturated rings. The number of aromatic nitrogens is 1. The number of para-hydroxylation sites is 1. The summed E-state index contributed by atoms with van der Waals surface area (Å²) in [6.45, 7) is 0. The summed E-state index contributed by atoms with van der Waals surface area (Å²) in [4.78, 5) is 43.1. The van der Waals surface area contributed by atoms with Crippen LogP contribution in [0.4, 0.5) is 11.4 Å². The normalized spacial score (nSPS) is 14.3. The molecule has 0 aliphatic carbocycles. The highest BCUT2D eigenvalue weighted by Gasteiger charge is 2.34. The van der Waals surface area contributed by atoms with Gasteiger partial charge in [0, 0.05) is 12.3 Å². The molecule has 1 aliphatic rings. The maximum atomic E-state index is 13.4. The van der Waals surface area contributed by atoms with Crippen LogP contribution in [0.2, 0.25) is 0 Å². The van der Waals surface area contributed by atoms with Gasteiger partial charge in [-0.25, -0.2) is 4.98 Å². The second kappa shape index (κ2) is 11.3. The molecule has 0 radical (unpaired) electrons. The van der Waals surface area contributed by atoms with Crippen molar-refractivity contribution in [2.75, 3.05) is 4.90 Å². The number of carbonyl (C=O) groups is 2. The van der Waals surface area contributed by atoms with E-state index < -0.39 is 16.7 Å². The summed E-state index contributed by atoms with van der Waals surface area (Å²) in [6, 6.07) is 25.6. The van der Waals surface area contributed by atoms with Crippen LogP contribution < -0.4 is 15.0 Å². The Balaban J connectivity index is 1.41. The van der Waals surface area contributed by atoms with E-state index in [1.54, 1.807) is 60.8 Å². The summed E-state index contributed by atoms with van der Waals surface area (Å²) in [7, 11) is 0. The molecule has 9 nitrogen and oxygen atoms in total. The van der Waals surface area contributed by atoms with Crippen LogP contribution in [0.15, 0.2) is 113 Å². The summed E-state index contributed by atoms with van der Waals surface area (Å²) >= 11 is 6.41. The Morgan fingerprint density at radius 2 is 1.67 bits per heavy atom. The van der Waals surface area contributed by atoms with E-state index in [9.17, 15) is 19.7 Å². The highest BCUT2D eigenvalue weighted by Crippen LogP contribution is 2.35. The smallest absolute Gasteiger partial charge is 0.283 e. The Labute approximate surface area is 232 Å². The number of benzene rings is 3. The number of thiocarbonyl (C=S) groups is 1. The van der Waals surface area contributed by atoms with Crippen LogP contribution in [0.5, 0.6) is 11.5 Å². The third kappa shape index (κ3) is 5.84. The number of rotatable bonds is 7. The van der Waals surface area contributed by atoms with Gasteiger partial charge in [-0.1, -0.05) is 42.1 Å². The Morgan fingerprint density at radius 3 is 2.36 bits per heavy atom. The molecule has 39 heavy (non-hydrogen) atoms. The largest absolute Gasteiger partial charge is 0.457 e. The van der Waals surface area contributed by atoms with Crippen molar-refractivity contribution in [1.29, 1.82) is 0 Å². The number of ether oxygens (including phenoxy) is 1. The molecular weight excluding hydrogens is 536 g/mol. The van der Waals surface area contributed by atoms with Crippen LogP contribution >= 0.6 is 24.0 Å². The molecule has 192 valence electrons. The zero-order valence-corrected chi connectivity index (χ0v) is 21.6. The fraction of sp³-hybridized carbons (Fsp3) is 0. The molecule has 0 spiro atoms. The van der Waals surface area contributed by atoms with Crippen molar-refractivity contribution >= 4 is 58.4 Å². The van der Waals surface area contributed by atoms with E-state index in [1.807, 2.05) is 30.3 Å². The lowest BCUT2D eigenvalue weighted by atomic mass is 10.1. The zero-order chi connectivity index (χ0) is 27.4. The van der Waals surface area contributed by atoms with Gasteiger partial charge >= 0.3 is 0 Å². The molecule has 4 aromatic rings. The van der Waals surface area contributed by atoms with Crippen LogP contribution in [-0.4, -0.2) is 26.8 Å². The number of amides is 2. The molecule has 1 aliphatic heterocycles. The second-order valence-corrected chi connectivity index (χ2v) is 9.57. The van der Waals surface area contributed by atoms with Gasteiger partial charge in [0.25, 0.3) is 17.5 Å². The summed E-state index contributed by atoms with van der Waals surface area (Å²) < 4.78 is 5.79. The monoisotopic (exact) mass is 554 g/mol. The van der Waals surface area contributed by atoms with Crippen molar-refractivity contribution in [3.63, 3.8) is 0 Å². The van der Waals surface area contributed by atoms with Crippen molar-refractivity contribution in [3.05, 3.63) is 118 Å². The molecule has 5 rings (SSSR count). The molecular formula is C28H18N4O5S2. The lowest BCUT2D eigenvalue weighted by Gasteiger charge is -2.29. The van der Waals surface area contributed by atoms with Gasteiger partial charge in [-0.05, 0) is 78.5 Å². The number of nitrogens with zero attached hydrogens (tertiary/aromatic N) is 3. The maximum absolute atomic E-state index is 13.4. The molecule has 1 N–H and O–H groups in total. The van der Waals surface area contributed by atoms with E-state index in [2.05, 4.69) is 10.3 Å². The molecule has 2 heterocycles. The number of nitro groups is 1. The second-order valence-electron chi connectivity index (χ2n) is 8.12. The number of nitro benzene ring substituents is 1. The Morgan fingerprint density at radius 1 is 0.949 bits per heavy atom. The fourth-order valence-electron chi connectivity index (χ4n) is 3.72. The van der Waals surface area contributed by atoms with Crippen LogP contribution in [0, 0.1) is 10.1 Å². The third-order valence-electron chi connectivity index (χ3n) is 5.52. The van der Waals surface area contributed by atoms with Crippen molar-refractivity contribution in [2.24, 2.45) is 0 Å². The highest BCUT2D eigenvalue weighted by molar-refractivity contribution is 7.99. The van der Waals surface area contributed by atoms with Gasteiger partial charge in [0.05, 0.1) is 15.5 Å². The fourth-order valence-corrected chi connectivity index (χ4v) is 4.86. The number of anilines is 1. The van der Waals surface area contributed by atoms with Gasteiger partial charge < -0.3 is 4.74 Å². The Bertz CT molecular complexity index is 1610. The Hall–Kier alpha value is -4.87. The van der Waals surface area contributed by atoms with Gasteiger partial charge in [0.2, 0.25) is 0 Å². The molecule has 0 unspecified atom stereocenters. The lowest BCUT2D eigenvalue weighted by molar-refractivity contribution is -0.387. The van der Waals surface area contributed by atoms with Crippen molar-refractivity contribution in [1.82, 2.24) is 10.3 Å². The van der Waals surface area contributed by atoms with Gasteiger partial charge in [-0.2, -0.15) is 0 Å². The quantitative estimate of drug-likeness (QED) is 0.101.